The maximum absolute atomic E-state index is 13.1. The molecule has 9 nitrogen and oxygen atoms in total. The number of carbonyl (C=O) groups excluding carboxylic acids is 1. The summed E-state index contributed by atoms with van der Waals surface area (Å²) >= 11 is 5.85. The molecule has 0 unspecified atom stereocenters. The maximum atomic E-state index is 13.1. The van der Waals surface area contributed by atoms with Crippen molar-refractivity contribution in [1.29, 1.82) is 0 Å². The number of nitrogens with zero attached hydrogens (tertiary/aromatic N) is 3. The summed E-state index contributed by atoms with van der Waals surface area (Å²) in [4.78, 5) is 25.7. The zero-order valence-corrected chi connectivity index (χ0v) is 21.3. The van der Waals surface area contributed by atoms with Crippen LogP contribution in [0.1, 0.15) is 11.1 Å². The molecule has 2 aromatic carbocycles. The molecule has 3 rings (SSSR count). The first-order valence-corrected chi connectivity index (χ1v) is 12.0. The molecule has 0 spiro atoms. The van der Waals surface area contributed by atoms with E-state index >= 15 is 0 Å². The highest BCUT2D eigenvalue weighted by atomic mass is 35.5. The van der Waals surface area contributed by atoms with Crippen LogP contribution in [0.25, 0.3) is 11.4 Å². The Kier molecular flexibility index (Phi) is 10.00. The Balaban J connectivity index is 1.85. The molecule has 0 fully saturated rings. The molecule has 2 atom stereocenters. The molecule has 0 saturated carbocycles. The first-order chi connectivity index (χ1) is 18.7. The van der Waals surface area contributed by atoms with E-state index in [0.717, 1.165) is 12.1 Å². The van der Waals surface area contributed by atoms with E-state index in [2.05, 4.69) is 10.4 Å². The van der Waals surface area contributed by atoms with Crippen molar-refractivity contribution < 1.29 is 41.0 Å². The van der Waals surface area contributed by atoms with Crippen LogP contribution in [0.2, 0.25) is 5.02 Å². The normalized spacial score (nSPS) is 13.7. The lowest BCUT2D eigenvalue weighted by Crippen LogP contribution is -2.43. The predicted octanol–water partition coefficient (Wildman–Crippen LogP) is 2.97. The Hall–Kier alpha value is -3.40. The Bertz CT molecular complexity index is 1360. The highest BCUT2D eigenvalue weighted by molar-refractivity contribution is 6.30. The van der Waals surface area contributed by atoms with E-state index in [0.29, 0.717) is 14.3 Å². The Labute approximate surface area is 228 Å². The Morgan fingerprint density at radius 2 is 1.80 bits per heavy atom. The van der Waals surface area contributed by atoms with Crippen LogP contribution in [-0.4, -0.2) is 57.0 Å². The quantitative estimate of drug-likeness (QED) is 0.231. The lowest BCUT2D eigenvalue weighted by molar-refractivity contribution is -0.207. The van der Waals surface area contributed by atoms with Crippen molar-refractivity contribution in [3.63, 3.8) is 0 Å². The molecule has 0 aliphatic rings. The van der Waals surface area contributed by atoms with Crippen LogP contribution in [0.4, 0.5) is 26.3 Å². The zero-order chi connectivity index (χ0) is 29.7. The number of aliphatic hydroxyl groups excluding tert-OH is 1. The van der Waals surface area contributed by atoms with Gasteiger partial charge in [0.05, 0.1) is 31.5 Å². The molecule has 0 aliphatic carbocycles. The number of benzene rings is 2. The van der Waals surface area contributed by atoms with Crippen LogP contribution < -0.4 is 16.7 Å². The summed E-state index contributed by atoms with van der Waals surface area (Å²) in [6.45, 7) is -2.37. The monoisotopic (exact) mass is 595 g/mol. The van der Waals surface area contributed by atoms with Gasteiger partial charge in [0, 0.05) is 10.6 Å². The van der Waals surface area contributed by atoms with Gasteiger partial charge in [-0.05, 0) is 42.3 Å². The van der Waals surface area contributed by atoms with Crippen molar-refractivity contribution >= 4 is 17.5 Å². The van der Waals surface area contributed by atoms with E-state index < -0.39 is 54.7 Å². The summed E-state index contributed by atoms with van der Waals surface area (Å²) in [7, 11) is 0. The van der Waals surface area contributed by atoms with Gasteiger partial charge < -0.3 is 20.9 Å². The molecule has 0 bridgehead atoms. The third kappa shape index (κ3) is 8.30. The van der Waals surface area contributed by atoms with Gasteiger partial charge in [0.1, 0.15) is 6.54 Å². The van der Waals surface area contributed by atoms with Gasteiger partial charge in [-0.3, -0.25) is 9.36 Å². The second kappa shape index (κ2) is 12.8. The van der Waals surface area contributed by atoms with Crippen molar-refractivity contribution in [3.8, 4) is 11.4 Å². The summed E-state index contributed by atoms with van der Waals surface area (Å²) in [5.41, 5.74) is 3.75. The number of amides is 1. The lowest BCUT2D eigenvalue weighted by atomic mass is 10.0. The van der Waals surface area contributed by atoms with Gasteiger partial charge in [0.2, 0.25) is 5.91 Å². The van der Waals surface area contributed by atoms with Gasteiger partial charge in [0.15, 0.2) is 11.9 Å². The topological polar surface area (TPSA) is 124 Å². The number of rotatable bonds is 11. The predicted molar refractivity (Wildman–Crippen MR) is 131 cm³/mol. The Morgan fingerprint density at radius 3 is 2.40 bits per heavy atom. The van der Waals surface area contributed by atoms with E-state index in [1.165, 1.54) is 36.4 Å². The van der Waals surface area contributed by atoms with Crippen molar-refractivity contribution in [3.05, 3.63) is 75.2 Å². The zero-order valence-electron chi connectivity index (χ0n) is 20.5. The molecule has 1 heterocycles. The average Bonchev–Trinajstić information content (AvgIpc) is 3.16. The molecule has 0 saturated heterocycles. The maximum Gasteiger partial charge on any atom is 0.416 e. The fourth-order valence-electron chi connectivity index (χ4n) is 3.73. The minimum absolute atomic E-state index is 0.0905. The number of aromatic nitrogens is 3. The smallest absolute Gasteiger partial charge is 0.382 e. The van der Waals surface area contributed by atoms with E-state index in [1.54, 1.807) is 0 Å². The Morgan fingerprint density at radius 1 is 1.12 bits per heavy atom. The van der Waals surface area contributed by atoms with E-state index in [9.17, 15) is 41.0 Å². The number of carbonyl (C=O) groups is 1. The number of nitrogens with one attached hydrogen (secondary N) is 1. The fraction of sp³-hybridized carbons (Fsp3) is 0.375. The first-order valence-electron chi connectivity index (χ1n) is 11.6. The number of halogens is 7. The standard InChI is InChI=1S/C24H24ClF6N5O4/c25-17-6-4-15(5-7-17)21-34-36(22(39)35(21)10-19(37)24(29,30)31)11-20(38)33-18(12-40-13-32)9-14-2-1-3-16(8-14)23(26,27)28/h1-8,18-19,37H,9-13,32H2,(H,33,38)/t18-,19-/m0/s1. The summed E-state index contributed by atoms with van der Waals surface area (Å²) < 4.78 is 84.6. The SMILES string of the molecule is NCOC[C@H](Cc1cccc(C(F)(F)F)c1)NC(=O)Cn1nc(-c2ccc(Cl)cc2)n(C[C@H](O)C(F)(F)F)c1=O. The molecule has 0 radical (unpaired) electrons. The average molecular weight is 596 g/mol. The molecule has 3 aromatic rings. The van der Waals surface area contributed by atoms with Gasteiger partial charge in [-0.15, -0.1) is 5.10 Å². The summed E-state index contributed by atoms with van der Waals surface area (Å²) in [6, 6.07) is 9.16. The third-order valence-electron chi connectivity index (χ3n) is 5.59. The van der Waals surface area contributed by atoms with Crippen LogP contribution in [0, 0.1) is 0 Å². The minimum atomic E-state index is -5.03. The van der Waals surface area contributed by atoms with Crippen molar-refractivity contribution in [2.45, 2.75) is 44.0 Å². The number of hydrogen-bond acceptors (Lipinski definition) is 6. The van der Waals surface area contributed by atoms with Crippen LogP contribution in [0.3, 0.4) is 0 Å². The van der Waals surface area contributed by atoms with E-state index in [1.807, 2.05) is 0 Å². The van der Waals surface area contributed by atoms with Crippen molar-refractivity contribution in [2.75, 3.05) is 13.3 Å². The molecule has 218 valence electrons. The molecule has 1 aromatic heterocycles. The molecule has 16 heteroatoms. The fourth-order valence-corrected chi connectivity index (χ4v) is 3.85. The largest absolute Gasteiger partial charge is 0.416 e. The first kappa shape index (κ1) is 31.1. The minimum Gasteiger partial charge on any atom is -0.382 e. The number of alkyl halides is 6. The van der Waals surface area contributed by atoms with Crippen molar-refractivity contribution in [1.82, 2.24) is 19.7 Å². The highest BCUT2D eigenvalue weighted by Gasteiger charge is 2.39. The van der Waals surface area contributed by atoms with Crippen LogP contribution >= 0.6 is 11.6 Å². The van der Waals surface area contributed by atoms with Gasteiger partial charge in [-0.2, -0.15) is 26.3 Å². The third-order valence-corrected chi connectivity index (χ3v) is 5.84. The molecule has 4 N–H and O–H groups in total. The van der Waals surface area contributed by atoms with Crippen LogP contribution in [0.15, 0.2) is 53.3 Å². The second-order valence-corrected chi connectivity index (χ2v) is 9.08. The highest BCUT2D eigenvalue weighted by Crippen LogP contribution is 2.30. The summed E-state index contributed by atoms with van der Waals surface area (Å²) in [6.07, 6.45) is -12.6. The number of hydrogen-bond donors (Lipinski definition) is 3. The summed E-state index contributed by atoms with van der Waals surface area (Å²) in [5, 5.41) is 16.4. The van der Waals surface area contributed by atoms with Crippen LogP contribution in [0.5, 0.6) is 0 Å². The number of nitrogens with two attached hydrogens (primary N) is 1. The van der Waals surface area contributed by atoms with Gasteiger partial charge in [-0.25, -0.2) is 9.48 Å². The van der Waals surface area contributed by atoms with E-state index in [-0.39, 0.29) is 36.7 Å². The number of aliphatic hydroxyl groups is 1. The molecule has 1 amide bonds. The second-order valence-electron chi connectivity index (χ2n) is 8.64. The molecule has 0 aliphatic heterocycles. The van der Waals surface area contributed by atoms with Crippen molar-refractivity contribution in [2.24, 2.45) is 5.73 Å². The molecule has 40 heavy (non-hydrogen) atoms. The van der Waals surface area contributed by atoms with E-state index in [4.69, 9.17) is 22.1 Å². The summed E-state index contributed by atoms with van der Waals surface area (Å²) in [5.74, 6) is -1.09. The lowest BCUT2D eigenvalue weighted by Gasteiger charge is -2.19. The number of ether oxygens (including phenoxy) is 1. The van der Waals surface area contributed by atoms with Crippen LogP contribution in [-0.2, 0) is 35.2 Å². The van der Waals surface area contributed by atoms with Gasteiger partial charge in [0.25, 0.3) is 0 Å². The van der Waals surface area contributed by atoms with Gasteiger partial charge >= 0.3 is 18.0 Å². The molecular formula is C24H24ClF6N5O4. The van der Waals surface area contributed by atoms with Gasteiger partial charge in [-0.1, -0.05) is 29.8 Å². The molecular weight excluding hydrogens is 572 g/mol.